The Morgan fingerprint density at radius 1 is 0.966 bits per heavy atom. The van der Waals surface area contributed by atoms with Crippen molar-refractivity contribution in [1.82, 2.24) is 4.57 Å². The van der Waals surface area contributed by atoms with E-state index in [2.05, 4.69) is 4.99 Å². The molecule has 144 valence electrons. The first-order chi connectivity index (χ1) is 14.0. The van der Waals surface area contributed by atoms with E-state index in [9.17, 15) is 9.90 Å². The summed E-state index contributed by atoms with van der Waals surface area (Å²) in [6, 6.07) is 19.3. The van der Waals surface area contributed by atoms with Gasteiger partial charge >= 0.3 is 0 Å². The van der Waals surface area contributed by atoms with E-state index in [0.29, 0.717) is 37.8 Å². The van der Waals surface area contributed by atoms with E-state index in [1.807, 2.05) is 25.1 Å². The van der Waals surface area contributed by atoms with Gasteiger partial charge in [-0.25, -0.2) is 4.57 Å². The van der Waals surface area contributed by atoms with Crippen molar-refractivity contribution in [3.05, 3.63) is 98.3 Å². The highest BCUT2D eigenvalue weighted by Crippen LogP contribution is 2.29. The van der Waals surface area contributed by atoms with Gasteiger partial charge in [-0.15, -0.1) is 0 Å². The second-order valence-electron chi connectivity index (χ2n) is 6.55. The van der Waals surface area contributed by atoms with Crippen LogP contribution in [0.3, 0.4) is 0 Å². The van der Waals surface area contributed by atoms with Crippen molar-refractivity contribution in [2.24, 2.45) is 4.99 Å². The van der Waals surface area contributed by atoms with Crippen molar-refractivity contribution in [2.75, 3.05) is 0 Å². The monoisotopic (exact) mass is 422 g/mol. The highest BCUT2D eigenvalue weighted by Gasteiger charge is 2.16. The molecule has 0 aliphatic heterocycles. The van der Waals surface area contributed by atoms with Crippen molar-refractivity contribution >= 4 is 45.9 Å². The second kappa shape index (κ2) is 7.74. The highest BCUT2D eigenvalue weighted by molar-refractivity contribution is 6.31. The predicted octanol–water partition coefficient (Wildman–Crippen LogP) is 6.06. The molecule has 0 aliphatic rings. The number of fused-ring (bicyclic) bond motifs is 1. The summed E-state index contributed by atoms with van der Waals surface area (Å²) >= 11 is 12.3. The zero-order chi connectivity index (χ0) is 20.5. The molecular formula is C23H16Cl2N2O2. The van der Waals surface area contributed by atoms with Crippen LogP contribution >= 0.6 is 23.2 Å². The summed E-state index contributed by atoms with van der Waals surface area (Å²) in [5.74, 6) is -0.209. The van der Waals surface area contributed by atoms with E-state index >= 15 is 0 Å². The topological polar surface area (TPSA) is 54.6 Å². The fraction of sp³-hybridized carbons (Fsp3) is 0.0435. The maximum Gasteiger partial charge on any atom is 0.265 e. The average molecular weight is 423 g/mol. The van der Waals surface area contributed by atoms with E-state index in [1.54, 1.807) is 54.7 Å². The fourth-order valence-corrected chi connectivity index (χ4v) is 3.57. The lowest BCUT2D eigenvalue weighted by Crippen LogP contribution is -2.20. The van der Waals surface area contributed by atoms with Crippen LogP contribution in [0, 0.1) is 6.92 Å². The Balaban J connectivity index is 2.00. The van der Waals surface area contributed by atoms with Crippen molar-refractivity contribution in [2.45, 2.75) is 6.92 Å². The summed E-state index contributed by atoms with van der Waals surface area (Å²) in [6.45, 7) is 1.87. The summed E-state index contributed by atoms with van der Waals surface area (Å²) in [7, 11) is 0. The number of hydrogen-bond donors (Lipinski definition) is 1. The van der Waals surface area contributed by atoms with Crippen LogP contribution in [-0.4, -0.2) is 15.9 Å². The Morgan fingerprint density at radius 2 is 1.69 bits per heavy atom. The Hall–Kier alpha value is -3.08. The van der Waals surface area contributed by atoms with Crippen LogP contribution in [0.5, 0.6) is 5.88 Å². The molecule has 0 bridgehead atoms. The number of hydrogen-bond acceptors (Lipinski definition) is 3. The molecule has 0 amide bonds. The van der Waals surface area contributed by atoms with E-state index in [4.69, 9.17) is 23.2 Å². The first-order valence-electron chi connectivity index (χ1n) is 8.89. The molecular weight excluding hydrogens is 407 g/mol. The van der Waals surface area contributed by atoms with Crippen LogP contribution in [0.25, 0.3) is 16.5 Å². The highest BCUT2D eigenvalue weighted by atomic mass is 35.5. The normalized spacial score (nSPS) is 11.4. The molecule has 1 N–H and O–H groups in total. The first-order valence-corrected chi connectivity index (χ1v) is 9.65. The third-order valence-corrected chi connectivity index (χ3v) is 5.39. The molecule has 0 spiro atoms. The molecule has 0 atom stereocenters. The van der Waals surface area contributed by atoms with E-state index in [0.717, 1.165) is 5.56 Å². The molecule has 1 heterocycles. The summed E-state index contributed by atoms with van der Waals surface area (Å²) in [6.07, 6.45) is 1.55. The van der Waals surface area contributed by atoms with Gasteiger partial charge < -0.3 is 5.11 Å². The van der Waals surface area contributed by atoms with E-state index in [-0.39, 0.29) is 11.4 Å². The molecule has 0 unspecified atom stereocenters. The first kappa shape index (κ1) is 19.2. The number of nitrogens with zero attached hydrogens (tertiary/aromatic N) is 2. The standard InChI is InChI=1S/C23H16Cl2N2O2/c1-14-20(25)10-5-11-21(14)26-13-19-17-8-2-3-9-18(17)22(28)27(23(19)29)16-7-4-6-15(24)12-16/h2-13,29H,1H3. The molecule has 6 heteroatoms. The second-order valence-corrected chi connectivity index (χ2v) is 7.39. The molecule has 4 aromatic rings. The lowest BCUT2D eigenvalue weighted by molar-refractivity contribution is 0.436. The van der Waals surface area contributed by atoms with Gasteiger partial charge in [0.15, 0.2) is 0 Å². The molecule has 0 radical (unpaired) electrons. The number of aromatic hydroxyl groups is 1. The zero-order valence-corrected chi connectivity index (χ0v) is 16.9. The summed E-state index contributed by atoms with van der Waals surface area (Å²) in [5.41, 5.74) is 2.08. The lowest BCUT2D eigenvalue weighted by Gasteiger charge is -2.14. The fourth-order valence-electron chi connectivity index (χ4n) is 3.21. The molecule has 1 aromatic heterocycles. The van der Waals surface area contributed by atoms with Crippen molar-refractivity contribution < 1.29 is 5.11 Å². The predicted molar refractivity (Wildman–Crippen MR) is 120 cm³/mol. The van der Waals surface area contributed by atoms with Gasteiger partial charge in [-0.1, -0.05) is 53.5 Å². The Kier molecular flexibility index (Phi) is 5.14. The van der Waals surface area contributed by atoms with Gasteiger partial charge in [-0.05, 0) is 48.9 Å². The van der Waals surface area contributed by atoms with E-state index in [1.165, 1.54) is 4.57 Å². The number of rotatable bonds is 3. The van der Waals surface area contributed by atoms with Crippen LogP contribution in [0.1, 0.15) is 11.1 Å². The smallest absolute Gasteiger partial charge is 0.265 e. The van der Waals surface area contributed by atoms with Crippen molar-refractivity contribution in [1.29, 1.82) is 0 Å². The van der Waals surface area contributed by atoms with Crippen LogP contribution < -0.4 is 5.56 Å². The Morgan fingerprint density at radius 3 is 2.45 bits per heavy atom. The minimum atomic E-state index is -0.337. The van der Waals surface area contributed by atoms with Gasteiger partial charge in [0.2, 0.25) is 5.88 Å². The molecule has 0 aliphatic carbocycles. The third kappa shape index (κ3) is 3.53. The Bertz CT molecular complexity index is 1330. The van der Waals surface area contributed by atoms with Gasteiger partial charge in [0, 0.05) is 27.0 Å². The van der Waals surface area contributed by atoms with Crippen LogP contribution in [0.2, 0.25) is 10.0 Å². The van der Waals surface area contributed by atoms with Gasteiger partial charge in [-0.2, -0.15) is 0 Å². The molecule has 29 heavy (non-hydrogen) atoms. The average Bonchev–Trinajstić information content (AvgIpc) is 2.71. The number of aromatic nitrogens is 1. The van der Waals surface area contributed by atoms with Gasteiger partial charge in [0.1, 0.15) is 0 Å². The van der Waals surface area contributed by atoms with Gasteiger partial charge in [-0.3, -0.25) is 9.79 Å². The van der Waals surface area contributed by atoms with Gasteiger partial charge in [0.05, 0.1) is 16.9 Å². The molecule has 4 rings (SSSR count). The quantitative estimate of drug-likeness (QED) is 0.407. The van der Waals surface area contributed by atoms with Crippen molar-refractivity contribution in [3.63, 3.8) is 0 Å². The zero-order valence-electron chi connectivity index (χ0n) is 15.4. The number of aliphatic imine (C=N–C) groups is 1. The van der Waals surface area contributed by atoms with E-state index < -0.39 is 0 Å². The molecule has 0 fully saturated rings. The third-order valence-electron chi connectivity index (χ3n) is 4.74. The van der Waals surface area contributed by atoms with Crippen molar-refractivity contribution in [3.8, 4) is 11.6 Å². The molecule has 3 aromatic carbocycles. The number of halogens is 2. The minimum absolute atomic E-state index is 0.209. The summed E-state index contributed by atoms with van der Waals surface area (Å²) < 4.78 is 1.24. The minimum Gasteiger partial charge on any atom is -0.494 e. The van der Waals surface area contributed by atoms with Crippen LogP contribution in [0.4, 0.5) is 5.69 Å². The molecule has 0 saturated heterocycles. The summed E-state index contributed by atoms with van der Waals surface area (Å²) in [5, 5.41) is 13.2. The largest absolute Gasteiger partial charge is 0.494 e. The van der Waals surface area contributed by atoms with Gasteiger partial charge in [0.25, 0.3) is 5.56 Å². The Labute approximate surface area is 177 Å². The maximum absolute atomic E-state index is 13.1. The SMILES string of the molecule is Cc1c(Cl)cccc1N=Cc1c(O)n(-c2cccc(Cl)c2)c(=O)c2ccccc12. The maximum atomic E-state index is 13.1. The summed E-state index contributed by atoms with van der Waals surface area (Å²) in [4.78, 5) is 17.6. The van der Waals surface area contributed by atoms with Crippen LogP contribution in [-0.2, 0) is 0 Å². The lowest BCUT2D eigenvalue weighted by atomic mass is 10.1. The number of pyridine rings is 1. The molecule has 0 saturated carbocycles. The molecule has 4 nitrogen and oxygen atoms in total. The number of benzene rings is 3. The van der Waals surface area contributed by atoms with Crippen LogP contribution in [0.15, 0.2) is 76.5 Å².